The number of nitrogens with one attached hydrogen (secondary N) is 1. The highest BCUT2D eigenvalue weighted by molar-refractivity contribution is 7.80. The van der Waals surface area contributed by atoms with Crippen LogP contribution in [0.2, 0.25) is 0 Å². The first-order valence-electron chi connectivity index (χ1n) is 7.08. The van der Waals surface area contributed by atoms with Crippen LogP contribution in [0.1, 0.15) is 15.9 Å². The first-order chi connectivity index (χ1) is 11.9. The van der Waals surface area contributed by atoms with E-state index in [0.29, 0.717) is 23.5 Å². The Morgan fingerprint density at radius 3 is 2.36 bits per heavy atom. The van der Waals surface area contributed by atoms with E-state index in [1.807, 2.05) is 0 Å². The lowest BCUT2D eigenvalue weighted by molar-refractivity contribution is -0.105. The van der Waals surface area contributed by atoms with Crippen LogP contribution in [-0.2, 0) is 11.3 Å². The number of anilines is 2. The van der Waals surface area contributed by atoms with Crippen LogP contribution in [0.4, 0.5) is 15.8 Å². The first kappa shape index (κ1) is 20.4. The molecule has 6 N–H and O–H groups in total. The van der Waals surface area contributed by atoms with E-state index >= 15 is 0 Å². The topological polar surface area (TPSA) is 122 Å². The predicted octanol–water partition coefficient (Wildman–Crippen LogP) is 1.52. The smallest absolute Gasteiger partial charge is 0.274 e. The van der Waals surface area contributed by atoms with Gasteiger partial charge < -0.3 is 15.5 Å². The first-order valence-corrected chi connectivity index (χ1v) is 7.71. The molecule has 2 rings (SSSR count). The van der Waals surface area contributed by atoms with Gasteiger partial charge in [-0.25, -0.2) is 15.7 Å². The van der Waals surface area contributed by atoms with E-state index in [1.165, 1.54) is 23.2 Å². The highest BCUT2D eigenvalue weighted by atomic mass is 32.1. The van der Waals surface area contributed by atoms with Gasteiger partial charge in [0.05, 0.1) is 17.9 Å². The number of benzene rings is 2. The molecule has 0 aliphatic heterocycles. The molecule has 0 bridgehead atoms. The Bertz CT molecular complexity index is 713. The van der Waals surface area contributed by atoms with Crippen molar-refractivity contribution in [1.82, 2.24) is 5.48 Å². The number of thiol groups is 1. The van der Waals surface area contributed by atoms with Gasteiger partial charge in [0.2, 0.25) is 0 Å². The molecule has 0 aliphatic rings. The summed E-state index contributed by atoms with van der Waals surface area (Å²) >= 11 is 3.55. The standard InChI is InChI=1S/C14H15FN4O2.C2H4OS/c15-11-5-6-13(12(16)7-11)19(17)8-9-1-3-10(4-2-9)14(20)18-21;3-1-2-4/h1-7,21H,8,16-17H2,(H,18,20);1,4H,2H2. The number of hydrogen-bond acceptors (Lipinski definition) is 7. The van der Waals surface area contributed by atoms with Crippen LogP contribution in [0.15, 0.2) is 42.5 Å². The third kappa shape index (κ3) is 6.42. The number of amides is 1. The number of carbonyl (C=O) groups is 2. The molecular weight excluding hydrogens is 347 g/mol. The molecule has 0 heterocycles. The fraction of sp³-hybridized carbons (Fsp3) is 0.125. The summed E-state index contributed by atoms with van der Waals surface area (Å²) in [4.78, 5) is 20.3. The second-order valence-electron chi connectivity index (χ2n) is 4.82. The summed E-state index contributed by atoms with van der Waals surface area (Å²) in [6.07, 6.45) is 0.739. The average Bonchev–Trinajstić information content (AvgIpc) is 2.61. The number of rotatable bonds is 5. The van der Waals surface area contributed by atoms with Gasteiger partial charge >= 0.3 is 0 Å². The van der Waals surface area contributed by atoms with Crippen LogP contribution in [-0.4, -0.2) is 23.2 Å². The fourth-order valence-corrected chi connectivity index (χ4v) is 1.89. The summed E-state index contributed by atoms with van der Waals surface area (Å²) in [5.41, 5.74) is 9.18. The van der Waals surface area contributed by atoms with Crippen molar-refractivity contribution in [3.8, 4) is 0 Å². The molecule has 2 aromatic rings. The Morgan fingerprint density at radius 1 is 1.28 bits per heavy atom. The van der Waals surface area contributed by atoms with Crippen molar-refractivity contribution in [1.29, 1.82) is 0 Å². The van der Waals surface area contributed by atoms with Crippen LogP contribution < -0.4 is 22.1 Å². The van der Waals surface area contributed by atoms with Crippen molar-refractivity contribution in [2.75, 3.05) is 16.5 Å². The molecule has 134 valence electrons. The summed E-state index contributed by atoms with van der Waals surface area (Å²) in [5.74, 6) is 5.23. The van der Waals surface area contributed by atoms with Gasteiger partial charge in [-0.2, -0.15) is 12.6 Å². The van der Waals surface area contributed by atoms with Gasteiger partial charge in [0, 0.05) is 11.3 Å². The summed E-state index contributed by atoms with van der Waals surface area (Å²) < 4.78 is 13.0. The third-order valence-corrected chi connectivity index (χ3v) is 3.19. The summed E-state index contributed by atoms with van der Waals surface area (Å²) in [5, 5.41) is 9.92. The Morgan fingerprint density at radius 2 is 1.88 bits per heavy atom. The number of halogens is 1. The van der Waals surface area contributed by atoms with Crippen molar-refractivity contribution in [2.45, 2.75) is 6.54 Å². The maximum atomic E-state index is 13.0. The van der Waals surface area contributed by atoms with Crippen LogP contribution in [0, 0.1) is 5.82 Å². The number of aldehydes is 1. The number of nitrogens with zero attached hydrogens (tertiary/aromatic N) is 1. The molecule has 0 saturated carbocycles. The Labute approximate surface area is 149 Å². The lowest BCUT2D eigenvalue weighted by atomic mass is 10.1. The fourth-order valence-electron chi connectivity index (χ4n) is 1.89. The second-order valence-corrected chi connectivity index (χ2v) is 5.18. The molecule has 0 unspecified atom stereocenters. The number of nitrogens with two attached hydrogens (primary N) is 2. The van der Waals surface area contributed by atoms with Gasteiger partial charge in [-0.3, -0.25) is 10.0 Å². The van der Waals surface area contributed by atoms with Gasteiger partial charge in [0.25, 0.3) is 5.91 Å². The molecule has 0 radical (unpaired) electrons. The quantitative estimate of drug-likeness (QED) is 0.137. The molecule has 0 aliphatic carbocycles. The van der Waals surface area contributed by atoms with Crippen molar-refractivity contribution in [2.24, 2.45) is 5.84 Å². The molecule has 1 amide bonds. The Balaban J connectivity index is 0.000000705. The van der Waals surface area contributed by atoms with Crippen molar-refractivity contribution in [3.05, 3.63) is 59.4 Å². The number of hydrazine groups is 1. The zero-order valence-electron chi connectivity index (χ0n) is 13.2. The largest absolute Gasteiger partial charge is 0.397 e. The number of nitrogen functional groups attached to an aromatic ring is 1. The van der Waals surface area contributed by atoms with Gasteiger partial charge in [-0.05, 0) is 35.9 Å². The van der Waals surface area contributed by atoms with Gasteiger partial charge in [0.15, 0.2) is 0 Å². The normalized spacial score (nSPS) is 9.60. The molecule has 9 heteroatoms. The summed E-state index contributed by atoms with van der Waals surface area (Å²) in [6.45, 7) is 0.330. The van der Waals surface area contributed by atoms with E-state index in [1.54, 1.807) is 29.7 Å². The highest BCUT2D eigenvalue weighted by Crippen LogP contribution is 2.23. The third-order valence-electron chi connectivity index (χ3n) is 3.04. The molecule has 0 aromatic heterocycles. The molecule has 7 nitrogen and oxygen atoms in total. The Hall–Kier alpha value is -2.62. The highest BCUT2D eigenvalue weighted by Gasteiger charge is 2.09. The molecule has 0 atom stereocenters. The molecule has 2 aromatic carbocycles. The van der Waals surface area contributed by atoms with Crippen LogP contribution in [0.3, 0.4) is 0 Å². The lowest BCUT2D eigenvalue weighted by Crippen LogP contribution is -2.30. The monoisotopic (exact) mass is 366 g/mol. The minimum Gasteiger partial charge on any atom is -0.397 e. The van der Waals surface area contributed by atoms with E-state index in [-0.39, 0.29) is 5.69 Å². The zero-order valence-corrected chi connectivity index (χ0v) is 14.1. The van der Waals surface area contributed by atoms with E-state index in [0.717, 1.165) is 11.8 Å². The lowest BCUT2D eigenvalue weighted by Gasteiger charge is -2.20. The SMILES string of the molecule is Nc1cc(F)ccc1N(N)Cc1ccc(C(=O)NO)cc1.O=CCS. The molecule has 0 saturated heterocycles. The van der Waals surface area contributed by atoms with Crippen LogP contribution in [0.5, 0.6) is 0 Å². The zero-order chi connectivity index (χ0) is 18.8. The maximum Gasteiger partial charge on any atom is 0.274 e. The minimum atomic E-state index is -0.589. The molecule has 25 heavy (non-hydrogen) atoms. The average molecular weight is 366 g/mol. The summed E-state index contributed by atoms with van der Waals surface area (Å²) in [7, 11) is 0. The number of hydroxylamine groups is 1. The molecule has 0 spiro atoms. The van der Waals surface area contributed by atoms with Gasteiger partial charge in [0.1, 0.15) is 12.1 Å². The van der Waals surface area contributed by atoms with E-state index in [2.05, 4.69) is 12.6 Å². The summed E-state index contributed by atoms with van der Waals surface area (Å²) in [6, 6.07) is 10.5. The van der Waals surface area contributed by atoms with E-state index in [9.17, 15) is 9.18 Å². The number of carbonyl (C=O) groups excluding carboxylic acids is 2. The van der Waals surface area contributed by atoms with E-state index < -0.39 is 11.7 Å². The Kier molecular flexibility index (Phi) is 8.40. The minimum absolute atomic E-state index is 0.244. The van der Waals surface area contributed by atoms with E-state index in [4.69, 9.17) is 21.6 Å². The van der Waals surface area contributed by atoms with Gasteiger partial charge in [-0.1, -0.05) is 12.1 Å². The van der Waals surface area contributed by atoms with Gasteiger partial charge in [-0.15, -0.1) is 0 Å². The maximum absolute atomic E-state index is 13.0. The molecule has 0 fully saturated rings. The van der Waals surface area contributed by atoms with Crippen molar-refractivity contribution < 1.29 is 19.2 Å². The van der Waals surface area contributed by atoms with Crippen molar-refractivity contribution >= 4 is 36.2 Å². The van der Waals surface area contributed by atoms with Crippen LogP contribution in [0.25, 0.3) is 0 Å². The van der Waals surface area contributed by atoms with Crippen molar-refractivity contribution in [3.63, 3.8) is 0 Å². The predicted molar refractivity (Wildman–Crippen MR) is 96.8 cm³/mol. The second kappa shape index (κ2) is 10.3. The molecular formula is C16H19FN4O3S. The van der Waals surface area contributed by atoms with Crippen LogP contribution >= 0.6 is 12.6 Å². The number of hydrogen-bond donors (Lipinski definition) is 5.